The predicted molar refractivity (Wildman–Crippen MR) is 125 cm³/mol. The van der Waals surface area contributed by atoms with Crippen LogP contribution in [0.3, 0.4) is 0 Å². The Hall–Kier alpha value is -3.81. The van der Waals surface area contributed by atoms with Gasteiger partial charge in [0, 0.05) is 29.6 Å². The highest BCUT2D eigenvalue weighted by atomic mass is 19.1. The van der Waals surface area contributed by atoms with Crippen LogP contribution in [0.25, 0.3) is 10.8 Å². The normalized spacial score (nSPS) is 20.7. The number of amides is 1. The number of carbonyl (C=O) groups is 1. The molecule has 0 radical (unpaired) electrons. The summed E-state index contributed by atoms with van der Waals surface area (Å²) in [7, 11) is 0. The number of nitrogens with one attached hydrogen (secondary N) is 2. The van der Waals surface area contributed by atoms with Crippen molar-refractivity contribution in [2.24, 2.45) is 0 Å². The first-order valence-electron chi connectivity index (χ1n) is 11.0. The number of benzene rings is 2. The van der Waals surface area contributed by atoms with Crippen molar-refractivity contribution in [2.75, 3.05) is 11.4 Å². The fourth-order valence-corrected chi connectivity index (χ4v) is 4.62. The first kappa shape index (κ1) is 21.1. The number of pyridine rings is 1. The molecule has 1 amide bonds. The van der Waals surface area contributed by atoms with Gasteiger partial charge in [-0.2, -0.15) is 5.10 Å². The van der Waals surface area contributed by atoms with Crippen LogP contribution in [0.1, 0.15) is 39.9 Å². The zero-order chi connectivity index (χ0) is 22.9. The maximum atomic E-state index is 16.3. The Morgan fingerprint density at radius 2 is 1.94 bits per heavy atom. The highest BCUT2D eigenvalue weighted by Gasteiger charge is 2.42. The number of nitrogens with zero attached hydrogens (tertiary/aromatic N) is 4. The number of piperidine rings is 1. The van der Waals surface area contributed by atoms with Crippen molar-refractivity contribution >= 4 is 22.5 Å². The van der Waals surface area contributed by atoms with Gasteiger partial charge in [0.2, 0.25) is 0 Å². The average molecular weight is 445 g/mol. The summed E-state index contributed by atoms with van der Waals surface area (Å²) in [6.07, 6.45) is 0.783. The first-order valence-corrected chi connectivity index (χ1v) is 11.0. The van der Waals surface area contributed by atoms with Crippen LogP contribution >= 0.6 is 0 Å². The van der Waals surface area contributed by atoms with Gasteiger partial charge in [0.15, 0.2) is 6.30 Å². The molecule has 2 aromatic heterocycles. The van der Waals surface area contributed by atoms with Gasteiger partial charge >= 0.3 is 0 Å². The molecular weight excluding hydrogens is 419 g/mol. The summed E-state index contributed by atoms with van der Waals surface area (Å²) in [5.74, 6) is 1.08. The molecule has 3 atom stereocenters. The lowest BCUT2D eigenvalue weighted by molar-refractivity contribution is 0.0871. The molecule has 168 valence electrons. The zero-order valence-electron chi connectivity index (χ0n) is 18.5. The number of aryl methyl sites for hydroxylation is 2. The maximum Gasteiger partial charge on any atom is 0.251 e. The van der Waals surface area contributed by atoms with Gasteiger partial charge in [0.25, 0.3) is 5.91 Å². The molecule has 0 saturated carbocycles. The van der Waals surface area contributed by atoms with E-state index in [4.69, 9.17) is 0 Å². The third-order valence-corrected chi connectivity index (χ3v) is 6.26. The number of halogens is 1. The Morgan fingerprint density at radius 1 is 1.12 bits per heavy atom. The lowest BCUT2D eigenvalue weighted by Crippen LogP contribution is -2.57. The lowest BCUT2D eigenvalue weighted by Gasteiger charge is -2.42. The first-order chi connectivity index (χ1) is 16.0. The maximum absolute atomic E-state index is 16.3. The summed E-state index contributed by atoms with van der Waals surface area (Å²) < 4.78 is 16.3. The van der Waals surface area contributed by atoms with Crippen molar-refractivity contribution in [1.29, 1.82) is 0 Å². The van der Waals surface area contributed by atoms with E-state index in [9.17, 15) is 4.79 Å². The molecule has 2 aromatic carbocycles. The molecule has 2 N–H and O–H groups in total. The van der Waals surface area contributed by atoms with Crippen LogP contribution in [0.5, 0.6) is 0 Å². The smallest absolute Gasteiger partial charge is 0.251 e. The predicted octanol–water partition coefficient (Wildman–Crippen LogP) is 4.06. The SMILES string of the molecule is Cc1n[nH]c([C@@H]2CCN(c3nccc4cccc(C)c34)[C@H](F)[C@@H]2NC(=O)c2ccccc2)n1. The Labute approximate surface area is 191 Å². The lowest BCUT2D eigenvalue weighted by atomic mass is 9.89. The van der Waals surface area contributed by atoms with Crippen LogP contribution in [0.15, 0.2) is 60.8 Å². The number of alkyl halides is 1. The highest BCUT2D eigenvalue weighted by Crippen LogP contribution is 2.37. The van der Waals surface area contributed by atoms with Gasteiger partial charge < -0.3 is 10.2 Å². The number of aromatic nitrogens is 4. The summed E-state index contributed by atoms with van der Waals surface area (Å²) >= 11 is 0. The topological polar surface area (TPSA) is 86.8 Å². The van der Waals surface area contributed by atoms with Crippen LogP contribution in [-0.4, -0.2) is 45.0 Å². The Bertz CT molecular complexity index is 1290. The van der Waals surface area contributed by atoms with Crippen molar-refractivity contribution in [3.63, 3.8) is 0 Å². The molecule has 7 nitrogen and oxygen atoms in total. The standard InChI is InChI=1S/C25H25FN6O/c1-15-7-6-10-17-11-13-27-24(20(15)17)32-14-12-19(23-28-16(2)30-31-23)21(22(32)26)29-25(33)18-8-4-3-5-9-18/h3-11,13,19,21-22H,12,14H2,1-2H3,(H,29,33)(H,28,30,31)/t19-,21-,22+/m1/s1. The van der Waals surface area contributed by atoms with Crippen molar-refractivity contribution in [2.45, 2.75) is 38.5 Å². The molecule has 0 spiro atoms. The molecule has 1 aliphatic rings. The quantitative estimate of drug-likeness (QED) is 0.464. The van der Waals surface area contributed by atoms with Gasteiger partial charge in [-0.1, -0.05) is 36.4 Å². The molecule has 33 heavy (non-hydrogen) atoms. The molecule has 0 aliphatic carbocycles. The average Bonchev–Trinajstić information content (AvgIpc) is 3.26. The minimum Gasteiger partial charge on any atom is -0.344 e. The van der Waals surface area contributed by atoms with E-state index in [-0.39, 0.29) is 11.8 Å². The summed E-state index contributed by atoms with van der Waals surface area (Å²) in [6, 6.07) is 15.9. The van der Waals surface area contributed by atoms with E-state index in [1.54, 1.807) is 42.3 Å². The van der Waals surface area contributed by atoms with Crippen LogP contribution < -0.4 is 10.2 Å². The molecule has 1 fully saturated rings. The summed E-state index contributed by atoms with van der Waals surface area (Å²) in [4.78, 5) is 23.6. The third kappa shape index (κ3) is 3.92. The number of H-pyrrole nitrogens is 1. The van der Waals surface area contributed by atoms with Crippen molar-refractivity contribution in [3.8, 4) is 0 Å². The molecule has 5 rings (SSSR count). The fourth-order valence-electron chi connectivity index (χ4n) is 4.62. The van der Waals surface area contributed by atoms with Crippen LogP contribution in [0, 0.1) is 13.8 Å². The second-order valence-corrected chi connectivity index (χ2v) is 8.40. The monoisotopic (exact) mass is 444 g/mol. The number of hydrogen-bond acceptors (Lipinski definition) is 5. The minimum absolute atomic E-state index is 0.326. The molecule has 1 saturated heterocycles. The second kappa shape index (κ2) is 8.61. The number of hydrogen-bond donors (Lipinski definition) is 2. The minimum atomic E-state index is -1.50. The molecule has 3 heterocycles. The number of rotatable bonds is 4. The van der Waals surface area contributed by atoms with E-state index in [2.05, 4.69) is 25.5 Å². The van der Waals surface area contributed by atoms with E-state index in [0.29, 0.717) is 36.0 Å². The van der Waals surface area contributed by atoms with Crippen molar-refractivity contribution in [3.05, 3.63) is 83.6 Å². The number of carbonyl (C=O) groups excluding carboxylic acids is 1. The second-order valence-electron chi connectivity index (χ2n) is 8.40. The molecular formula is C25H25FN6O. The van der Waals surface area contributed by atoms with Crippen LogP contribution in [-0.2, 0) is 0 Å². The summed E-state index contributed by atoms with van der Waals surface area (Å²) in [5.41, 5.74) is 1.51. The zero-order valence-corrected chi connectivity index (χ0v) is 18.5. The fraction of sp³-hybridized carbons (Fsp3) is 0.280. The van der Waals surface area contributed by atoms with E-state index in [1.165, 1.54) is 0 Å². The number of anilines is 1. The summed E-state index contributed by atoms with van der Waals surface area (Å²) in [5, 5.41) is 11.9. The van der Waals surface area contributed by atoms with Gasteiger partial charge in [0.1, 0.15) is 17.5 Å². The molecule has 0 unspecified atom stereocenters. The summed E-state index contributed by atoms with van der Waals surface area (Å²) in [6.45, 7) is 4.21. The van der Waals surface area contributed by atoms with Crippen molar-refractivity contribution in [1.82, 2.24) is 25.5 Å². The van der Waals surface area contributed by atoms with Gasteiger partial charge in [0.05, 0.1) is 6.04 Å². The van der Waals surface area contributed by atoms with Crippen molar-refractivity contribution < 1.29 is 9.18 Å². The number of aromatic amines is 1. The van der Waals surface area contributed by atoms with Crippen LogP contribution in [0.2, 0.25) is 0 Å². The Kier molecular flexibility index (Phi) is 5.50. The van der Waals surface area contributed by atoms with Gasteiger partial charge in [-0.05, 0) is 49.4 Å². The Morgan fingerprint density at radius 3 is 2.70 bits per heavy atom. The third-order valence-electron chi connectivity index (χ3n) is 6.26. The van der Waals surface area contributed by atoms with Gasteiger partial charge in [-0.25, -0.2) is 14.4 Å². The van der Waals surface area contributed by atoms with Crippen LogP contribution in [0.4, 0.5) is 10.2 Å². The van der Waals surface area contributed by atoms with E-state index in [1.807, 2.05) is 37.3 Å². The molecule has 8 heteroatoms. The van der Waals surface area contributed by atoms with E-state index < -0.39 is 12.3 Å². The highest BCUT2D eigenvalue weighted by molar-refractivity contribution is 5.96. The largest absolute Gasteiger partial charge is 0.344 e. The molecule has 0 bridgehead atoms. The molecule has 4 aromatic rings. The van der Waals surface area contributed by atoms with Gasteiger partial charge in [-0.3, -0.25) is 9.89 Å². The van der Waals surface area contributed by atoms with E-state index in [0.717, 1.165) is 16.3 Å². The van der Waals surface area contributed by atoms with Gasteiger partial charge in [-0.15, -0.1) is 0 Å². The number of fused-ring (bicyclic) bond motifs is 1. The Balaban J connectivity index is 1.53. The van der Waals surface area contributed by atoms with E-state index >= 15 is 4.39 Å². The molecule has 1 aliphatic heterocycles.